The highest BCUT2D eigenvalue weighted by Crippen LogP contribution is 2.42. The largest absolute Gasteiger partial charge is 0.373 e. The standard InChI is InChI=1S/C18H20Cl2N4O2S/c1-9-7-23(8-10(2)26-9)15(12-4-5-13(19)14(20)6-12)16-17(25)24-18(27-16)21-11(3)22-24/h4-6,9-10,15-16H,7-8H2,1-3H3. The van der Waals surface area contributed by atoms with Crippen LogP contribution in [0.3, 0.4) is 0 Å². The molecular formula is C18H20Cl2N4O2S. The van der Waals surface area contributed by atoms with E-state index in [4.69, 9.17) is 27.9 Å². The minimum Gasteiger partial charge on any atom is -0.373 e. The molecule has 0 amide bonds. The third kappa shape index (κ3) is 3.63. The molecule has 6 nitrogen and oxygen atoms in total. The van der Waals surface area contributed by atoms with Gasteiger partial charge < -0.3 is 4.74 Å². The Hall–Kier alpha value is -1.12. The number of nitrogens with zero attached hydrogens (tertiary/aromatic N) is 4. The maximum atomic E-state index is 13.1. The van der Waals surface area contributed by atoms with Crippen LogP contribution in [0.5, 0.6) is 0 Å². The first kappa shape index (κ1) is 19.2. The molecule has 2 aliphatic heterocycles. The molecule has 0 bridgehead atoms. The summed E-state index contributed by atoms with van der Waals surface area (Å²) in [5.41, 5.74) is 0.957. The lowest BCUT2D eigenvalue weighted by atomic mass is 9.99. The highest BCUT2D eigenvalue weighted by atomic mass is 35.5. The molecule has 3 heterocycles. The van der Waals surface area contributed by atoms with Gasteiger partial charge in [-0.1, -0.05) is 41.0 Å². The monoisotopic (exact) mass is 426 g/mol. The molecule has 2 aromatic rings. The second-order valence-electron chi connectivity index (χ2n) is 7.06. The summed E-state index contributed by atoms with van der Waals surface area (Å²) >= 11 is 13.9. The average Bonchev–Trinajstić information content (AvgIpc) is 3.08. The van der Waals surface area contributed by atoms with E-state index in [1.807, 2.05) is 26.0 Å². The van der Waals surface area contributed by atoms with Gasteiger partial charge in [0, 0.05) is 13.1 Å². The Morgan fingerprint density at radius 2 is 1.93 bits per heavy atom. The maximum absolute atomic E-state index is 13.1. The molecule has 27 heavy (non-hydrogen) atoms. The fourth-order valence-electron chi connectivity index (χ4n) is 3.82. The third-order valence-electron chi connectivity index (χ3n) is 4.78. The number of morpholine rings is 1. The first-order valence-corrected chi connectivity index (χ1v) is 10.5. The minimum atomic E-state index is -0.352. The summed E-state index contributed by atoms with van der Waals surface area (Å²) in [5, 5.41) is 5.52. The molecule has 4 rings (SSSR count). The topological polar surface area (TPSA) is 60.2 Å². The number of ether oxygens (including phenoxy) is 1. The van der Waals surface area contributed by atoms with E-state index in [1.54, 1.807) is 13.0 Å². The number of thioether (sulfide) groups is 1. The van der Waals surface area contributed by atoms with Gasteiger partial charge in [-0.3, -0.25) is 9.69 Å². The van der Waals surface area contributed by atoms with Crippen molar-refractivity contribution in [2.45, 2.75) is 49.4 Å². The fraction of sp³-hybridized carbons (Fsp3) is 0.500. The van der Waals surface area contributed by atoms with Crippen LogP contribution in [-0.4, -0.2) is 56.1 Å². The van der Waals surface area contributed by atoms with Crippen LogP contribution in [0.15, 0.2) is 23.4 Å². The van der Waals surface area contributed by atoms with E-state index in [1.165, 1.54) is 16.4 Å². The van der Waals surface area contributed by atoms with Crippen LogP contribution in [0.4, 0.5) is 0 Å². The first-order valence-electron chi connectivity index (χ1n) is 8.82. The fourth-order valence-corrected chi connectivity index (χ4v) is 5.43. The SMILES string of the molecule is Cc1nc2n(n1)C(=O)C(C(c1ccc(Cl)c(Cl)c1)N1CC(C)OC(C)C1)S2. The summed E-state index contributed by atoms with van der Waals surface area (Å²) < 4.78 is 7.31. The Bertz CT molecular complexity index is 880. The van der Waals surface area contributed by atoms with Crippen LogP contribution in [-0.2, 0) is 4.74 Å². The second kappa shape index (κ2) is 7.37. The van der Waals surface area contributed by atoms with Gasteiger partial charge in [0.2, 0.25) is 0 Å². The van der Waals surface area contributed by atoms with Crippen molar-refractivity contribution in [3.05, 3.63) is 39.6 Å². The van der Waals surface area contributed by atoms with Gasteiger partial charge in [-0.15, -0.1) is 5.10 Å². The number of carbonyl (C=O) groups is 1. The molecule has 9 heteroatoms. The minimum absolute atomic E-state index is 0.0570. The summed E-state index contributed by atoms with van der Waals surface area (Å²) in [6.07, 6.45) is 0.163. The number of fused-ring (bicyclic) bond motifs is 1. The van der Waals surface area contributed by atoms with Gasteiger partial charge in [0.1, 0.15) is 11.1 Å². The number of rotatable bonds is 3. The van der Waals surface area contributed by atoms with Crippen LogP contribution >= 0.6 is 35.0 Å². The van der Waals surface area contributed by atoms with E-state index in [0.717, 1.165) is 18.7 Å². The molecule has 4 atom stereocenters. The Morgan fingerprint density at radius 1 is 1.22 bits per heavy atom. The Morgan fingerprint density at radius 3 is 2.56 bits per heavy atom. The zero-order valence-electron chi connectivity index (χ0n) is 15.2. The number of carbonyl (C=O) groups excluding carboxylic acids is 1. The molecule has 1 aromatic carbocycles. The Kier molecular flexibility index (Phi) is 5.24. The Labute approximate surface area is 172 Å². The van der Waals surface area contributed by atoms with Crippen molar-refractivity contribution in [1.29, 1.82) is 0 Å². The molecule has 4 unspecified atom stereocenters. The van der Waals surface area contributed by atoms with Gasteiger partial charge in [-0.25, -0.2) is 4.98 Å². The molecule has 1 aromatic heterocycles. The summed E-state index contributed by atoms with van der Waals surface area (Å²) in [4.78, 5) is 19.8. The van der Waals surface area contributed by atoms with Crippen molar-refractivity contribution < 1.29 is 9.53 Å². The van der Waals surface area contributed by atoms with E-state index >= 15 is 0 Å². The van der Waals surface area contributed by atoms with Crippen molar-refractivity contribution in [3.63, 3.8) is 0 Å². The van der Waals surface area contributed by atoms with E-state index in [9.17, 15) is 4.79 Å². The van der Waals surface area contributed by atoms with Crippen LogP contribution in [0.2, 0.25) is 10.0 Å². The maximum Gasteiger partial charge on any atom is 0.264 e. The van der Waals surface area contributed by atoms with Crippen molar-refractivity contribution >= 4 is 40.9 Å². The molecule has 0 radical (unpaired) electrons. The molecular weight excluding hydrogens is 407 g/mol. The summed E-state index contributed by atoms with van der Waals surface area (Å²) in [5.74, 6) is 0.544. The lowest BCUT2D eigenvalue weighted by Crippen LogP contribution is -2.50. The molecule has 0 aliphatic carbocycles. The average molecular weight is 427 g/mol. The molecule has 1 fully saturated rings. The van der Waals surface area contributed by atoms with Gasteiger partial charge in [-0.05, 0) is 38.5 Å². The molecule has 0 N–H and O–H groups in total. The first-order chi connectivity index (χ1) is 12.8. The lowest BCUT2D eigenvalue weighted by molar-refractivity contribution is -0.0804. The Balaban J connectivity index is 1.73. The van der Waals surface area contributed by atoms with Gasteiger partial charge in [0.15, 0.2) is 5.16 Å². The molecule has 0 saturated carbocycles. The van der Waals surface area contributed by atoms with E-state index in [2.05, 4.69) is 15.0 Å². The zero-order chi connectivity index (χ0) is 19.3. The van der Waals surface area contributed by atoms with Crippen molar-refractivity contribution in [2.75, 3.05) is 13.1 Å². The normalized spacial score (nSPS) is 27.0. The number of hydrogen-bond donors (Lipinski definition) is 0. The van der Waals surface area contributed by atoms with E-state index in [0.29, 0.717) is 21.0 Å². The summed E-state index contributed by atoms with van der Waals surface area (Å²) in [7, 11) is 0. The summed E-state index contributed by atoms with van der Waals surface area (Å²) in [6, 6.07) is 5.41. The summed E-state index contributed by atoms with van der Waals surface area (Å²) in [6.45, 7) is 7.35. The predicted octanol–water partition coefficient (Wildman–Crippen LogP) is 3.86. The zero-order valence-corrected chi connectivity index (χ0v) is 17.6. The number of aromatic nitrogens is 3. The highest BCUT2D eigenvalue weighted by molar-refractivity contribution is 8.00. The quantitative estimate of drug-likeness (QED) is 0.742. The van der Waals surface area contributed by atoms with Gasteiger partial charge in [0.25, 0.3) is 5.91 Å². The molecule has 2 aliphatic rings. The number of hydrogen-bond acceptors (Lipinski definition) is 6. The van der Waals surface area contributed by atoms with Crippen molar-refractivity contribution in [3.8, 4) is 0 Å². The van der Waals surface area contributed by atoms with Crippen LogP contribution in [0.1, 0.15) is 36.1 Å². The molecule has 144 valence electrons. The lowest BCUT2D eigenvalue weighted by Gasteiger charge is -2.41. The van der Waals surface area contributed by atoms with Gasteiger partial charge in [0.05, 0.1) is 28.3 Å². The predicted molar refractivity (Wildman–Crippen MR) is 106 cm³/mol. The third-order valence-corrected chi connectivity index (χ3v) is 6.71. The smallest absolute Gasteiger partial charge is 0.264 e. The van der Waals surface area contributed by atoms with Gasteiger partial charge in [-0.2, -0.15) is 4.68 Å². The van der Waals surface area contributed by atoms with Gasteiger partial charge >= 0.3 is 0 Å². The van der Waals surface area contributed by atoms with Crippen LogP contribution < -0.4 is 0 Å². The molecule has 0 spiro atoms. The van der Waals surface area contributed by atoms with E-state index in [-0.39, 0.29) is 29.4 Å². The van der Waals surface area contributed by atoms with Crippen molar-refractivity contribution in [2.24, 2.45) is 0 Å². The number of halogens is 2. The molecule has 1 saturated heterocycles. The van der Waals surface area contributed by atoms with Crippen LogP contribution in [0.25, 0.3) is 0 Å². The van der Waals surface area contributed by atoms with Crippen LogP contribution in [0, 0.1) is 6.92 Å². The second-order valence-corrected chi connectivity index (χ2v) is 8.98. The highest BCUT2D eigenvalue weighted by Gasteiger charge is 2.44. The van der Waals surface area contributed by atoms with Crippen molar-refractivity contribution in [1.82, 2.24) is 19.7 Å². The van der Waals surface area contributed by atoms with E-state index < -0.39 is 0 Å². The number of benzene rings is 1. The number of aryl methyl sites for hydroxylation is 1.